The maximum absolute atomic E-state index is 12.7. The third-order valence-electron chi connectivity index (χ3n) is 5.67. The lowest BCUT2D eigenvalue weighted by atomic mass is 9.85. The van der Waals surface area contributed by atoms with Gasteiger partial charge in [-0.25, -0.2) is 4.79 Å². The summed E-state index contributed by atoms with van der Waals surface area (Å²) in [5.41, 5.74) is 0.443. The van der Waals surface area contributed by atoms with E-state index in [1.165, 1.54) is 6.92 Å². The molecule has 1 aliphatic heterocycles. The molecule has 0 unspecified atom stereocenters. The van der Waals surface area contributed by atoms with E-state index in [-0.39, 0.29) is 41.3 Å². The van der Waals surface area contributed by atoms with Gasteiger partial charge >= 0.3 is 5.97 Å². The highest BCUT2D eigenvalue weighted by Gasteiger charge is 2.60. The first kappa shape index (κ1) is 16.7. The zero-order valence-electron chi connectivity index (χ0n) is 14.3. The van der Waals surface area contributed by atoms with E-state index in [0.29, 0.717) is 5.56 Å². The van der Waals surface area contributed by atoms with Crippen LogP contribution in [-0.2, 0) is 19.1 Å². The quantitative estimate of drug-likeness (QED) is 0.348. The standard InChI is InChI=1S/C20H19NO5/c1-11(20(25)26-10-15(22)12-5-3-2-4-6-12)21-18(23)16-13-7-8-14(9-13)17(16)19(21)24/h2-8,11,13-14,16-17H,9-10H2,1H3/t11-,13+,14+,16-,17+/m1/s1. The van der Waals surface area contributed by atoms with Crippen LogP contribution in [0.4, 0.5) is 0 Å². The van der Waals surface area contributed by atoms with E-state index in [9.17, 15) is 19.2 Å². The van der Waals surface area contributed by atoms with Crippen molar-refractivity contribution in [3.63, 3.8) is 0 Å². The molecule has 0 aromatic heterocycles. The molecule has 1 aromatic rings. The number of allylic oxidation sites excluding steroid dienone is 2. The van der Waals surface area contributed by atoms with Crippen molar-refractivity contribution in [1.29, 1.82) is 0 Å². The molecule has 2 bridgehead atoms. The number of carbonyl (C=O) groups is 4. The summed E-state index contributed by atoms with van der Waals surface area (Å²) in [7, 11) is 0. The zero-order valence-corrected chi connectivity index (χ0v) is 14.3. The van der Waals surface area contributed by atoms with E-state index in [0.717, 1.165) is 11.3 Å². The Labute approximate surface area is 150 Å². The lowest BCUT2D eigenvalue weighted by molar-refractivity contribution is -0.157. The Bertz CT molecular complexity index is 785. The number of hydrogen-bond acceptors (Lipinski definition) is 5. The fourth-order valence-electron chi connectivity index (χ4n) is 4.38. The largest absolute Gasteiger partial charge is 0.456 e. The summed E-state index contributed by atoms with van der Waals surface area (Å²) in [6, 6.07) is 7.48. The van der Waals surface area contributed by atoms with Gasteiger partial charge in [0.25, 0.3) is 0 Å². The maximum atomic E-state index is 12.7. The second-order valence-corrected chi connectivity index (χ2v) is 7.12. The highest BCUT2D eigenvalue weighted by Crippen LogP contribution is 2.52. The number of likely N-dealkylation sites (tertiary alicyclic amines) is 1. The summed E-state index contributed by atoms with van der Waals surface area (Å²) in [5, 5.41) is 0. The molecule has 1 saturated heterocycles. The predicted molar refractivity (Wildman–Crippen MR) is 90.8 cm³/mol. The number of benzene rings is 1. The molecule has 26 heavy (non-hydrogen) atoms. The lowest BCUT2D eigenvalue weighted by Gasteiger charge is -2.23. The summed E-state index contributed by atoms with van der Waals surface area (Å²) < 4.78 is 5.07. The van der Waals surface area contributed by atoms with Gasteiger partial charge in [0.15, 0.2) is 12.4 Å². The fourth-order valence-corrected chi connectivity index (χ4v) is 4.38. The second-order valence-electron chi connectivity index (χ2n) is 7.12. The molecule has 0 N–H and O–H groups in total. The number of imide groups is 1. The van der Waals surface area contributed by atoms with Gasteiger partial charge in [0.2, 0.25) is 11.8 Å². The zero-order chi connectivity index (χ0) is 18.4. The van der Waals surface area contributed by atoms with E-state index in [1.807, 2.05) is 12.2 Å². The Balaban J connectivity index is 1.41. The fraction of sp³-hybridized carbons (Fsp3) is 0.400. The van der Waals surface area contributed by atoms with Gasteiger partial charge in [0, 0.05) is 5.56 Å². The van der Waals surface area contributed by atoms with Crippen LogP contribution in [-0.4, -0.2) is 41.1 Å². The Morgan fingerprint density at radius 3 is 2.23 bits per heavy atom. The first-order chi connectivity index (χ1) is 12.5. The molecule has 3 aliphatic rings. The van der Waals surface area contributed by atoms with Crippen LogP contribution in [0.15, 0.2) is 42.5 Å². The minimum Gasteiger partial charge on any atom is -0.456 e. The van der Waals surface area contributed by atoms with Gasteiger partial charge in [-0.1, -0.05) is 42.5 Å². The average Bonchev–Trinajstić information content (AvgIpc) is 3.33. The number of nitrogens with zero attached hydrogens (tertiary/aromatic N) is 1. The van der Waals surface area contributed by atoms with Gasteiger partial charge in [0.1, 0.15) is 6.04 Å². The van der Waals surface area contributed by atoms with E-state index in [2.05, 4.69) is 0 Å². The molecule has 2 aliphatic carbocycles. The molecule has 0 radical (unpaired) electrons. The Morgan fingerprint density at radius 2 is 1.65 bits per heavy atom. The van der Waals surface area contributed by atoms with E-state index < -0.39 is 18.6 Å². The van der Waals surface area contributed by atoms with Crippen LogP contribution in [0.25, 0.3) is 0 Å². The molecular formula is C20H19NO5. The molecule has 6 nitrogen and oxygen atoms in total. The molecule has 0 spiro atoms. The van der Waals surface area contributed by atoms with Crippen LogP contribution in [0.3, 0.4) is 0 Å². The SMILES string of the molecule is C[C@H](C(=O)OCC(=O)c1ccccc1)N1C(=O)[C@@H]2[C@H](C1=O)[C@H]1C=C[C@H]2C1. The normalized spacial score (nSPS) is 29.8. The van der Waals surface area contributed by atoms with Crippen molar-refractivity contribution in [2.45, 2.75) is 19.4 Å². The number of fused-ring (bicyclic) bond motifs is 5. The Kier molecular flexibility index (Phi) is 3.98. The molecule has 4 rings (SSSR count). The second kappa shape index (κ2) is 6.20. The minimum atomic E-state index is -1.02. The predicted octanol–water partition coefficient (Wildman–Crippen LogP) is 1.61. The molecule has 1 saturated carbocycles. The van der Waals surface area contributed by atoms with Crippen molar-refractivity contribution in [2.24, 2.45) is 23.7 Å². The van der Waals surface area contributed by atoms with E-state index in [1.54, 1.807) is 30.3 Å². The van der Waals surface area contributed by atoms with Crippen LogP contribution in [0.5, 0.6) is 0 Å². The Hall–Kier alpha value is -2.76. The van der Waals surface area contributed by atoms with Crippen LogP contribution in [0, 0.1) is 23.7 Å². The van der Waals surface area contributed by atoms with Crippen molar-refractivity contribution >= 4 is 23.6 Å². The van der Waals surface area contributed by atoms with Gasteiger partial charge in [-0.15, -0.1) is 0 Å². The topological polar surface area (TPSA) is 80.8 Å². The summed E-state index contributed by atoms with van der Waals surface area (Å²) in [4.78, 5) is 50.8. The van der Waals surface area contributed by atoms with Gasteiger partial charge in [-0.05, 0) is 25.2 Å². The molecule has 1 heterocycles. The van der Waals surface area contributed by atoms with Gasteiger partial charge in [-0.3, -0.25) is 19.3 Å². The van der Waals surface area contributed by atoms with Crippen molar-refractivity contribution < 1.29 is 23.9 Å². The third kappa shape index (κ3) is 2.48. The third-order valence-corrected chi connectivity index (χ3v) is 5.67. The number of esters is 1. The van der Waals surface area contributed by atoms with Gasteiger partial charge in [-0.2, -0.15) is 0 Å². The molecular weight excluding hydrogens is 334 g/mol. The number of amides is 2. The lowest BCUT2D eigenvalue weighted by Crippen LogP contribution is -2.45. The first-order valence-electron chi connectivity index (χ1n) is 8.79. The monoisotopic (exact) mass is 353 g/mol. The van der Waals surface area contributed by atoms with Crippen molar-refractivity contribution in [3.8, 4) is 0 Å². The van der Waals surface area contributed by atoms with Gasteiger partial charge < -0.3 is 4.74 Å². The van der Waals surface area contributed by atoms with Gasteiger partial charge in [0.05, 0.1) is 11.8 Å². The summed E-state index contributed by atoms with van der Waals surface area (Å²) in [6.07, 6.45) is 4.84. The number of hydrogen-bond donors (Lipinski definition) is 0. The minimum absolute atomic E-state index is 0.0920. The number of carbonyl (C=O) groups excluding carboxylic acids is 4. The summed E-state index contributed by atoms with van der Waals surface area (Å²) in [5.74, 6) is -2.17. The highest BCUT2D eigenvalue weighted by molar-refractivity contribution is 6.09. The van der Waals surface area contributed by atoms with E-state index in [4.69, 9.17) is 4.74 Å². The molecule has 134 valence electrons. The molecule has 6 heteroatoms. The van der Waals surface area contributed by atoms with Crippen LogP contribution < -0.4 is 0 Å². The van der Waals surface area contributed by atoms with Crippen LogP contribution in [0.1, 0.15) is 23.7 Å². The first-order valence-corrected chi connectivity index (χ1v) is 8.79. The maximum Gasteiger partial charge on any atom is 0.329 e. The van der Waals surface area contributed by atoms with Crippen molar-refractivity contribution in [3.05, 3.63) is 48.0 Å². The number of rotatable bonds is 5. The van der Waals surface area contributed by atoms with Crippen molar-refractivity contribution in [1.82, 2.24) is 4.90 Å². The molecule has 2 fully saturated rings. The summed E-state index contributed by atoms with van der Waals surface area (Å²) >= 11 is 0. The number of Topliss-reactive ketones (excluding diaryl/α,β-unsaturated/α-hetero) is 1. The van der Waals surface area contributed by atoms with Crippen LogP contribution >= 0.6 is 0 Å². The number of ether oxygens (including phenoxy) is 1. The smallest absolute Gasteiger partial charge is 0.329 e. The van der Waals surface area contributed by atoms with E-state index >= 15 is 0 Å². The van der Waals surface area contributed by atoms with Crippen LogP contribution in [0.2, 0.25) is 0 Å². The molecule has 1 aromatic carbocycles. The highest BCUT2D eigenvalue weighted by atomic mass is 16.5. The van der Waals surface area contributed by atoms with Crippen molar-refractivity contribution in [2.75, 3.05) is 6.61 Å². The number of ketones is 1. The Morgan fingerprint density at radius 1 is 1.08 bits per heavy atom. The molecule has 2 amide bonds. The molecule has 5 atom stereocenters. The average molecular weight is 353 g/mol. The summed E-state index contributed by atoms with van der Waals surface area (Å²) in [6.45, 7) is 1.06.